The molecule has 0 saturated heterocycles. The smallest absolute Gasteiger partial charge is 0.253 e. The van der Waals surface area contributed by atoms with E-state index in [1.54, 1.807) is 68.4 Å². The summed E-state index contributed by atoms with van der Waals surface area (Å²) in [7, 11) is -0.670. The third kappa shape index (κ3) is 11.2. The van der Waals surface area contributed by atoms with Gasteiger partial charge in [-0.15, -0.1) is 4.83 Å². The van der Waals surface area contributed by atoms with Gasteiger partial charge in [0, 0.05) is 57.0 Å². The van der Waals surface area contributed by atoms with Crippen LogP contribution in [-0.2, 0) is 22.2 Å². The first-order chi connectivity index (χ1) is 22.8. The van der Waals surface area contributed by atoms with Crippen molar-refractivity contribution in [2.45, 2.75) is 51.5 Å². The molecule has 0 aliphatic carbocycles. The fraction of sp³-hybridized carbons (Fsp3) is 0.400. The zero-order valence-electron chi connectivity index (χ0n) is 28.2. The highest BCUT2D eigenvalue weighted by Crippen LogP contribution is 2.18. The lowest BCUT2D eigenvalue weighted by Crippen LogP contribution is -2.53. The molecular formula is C35H47N5O7S. The molecule has 3 aromatic carbocycles. The number of carbonyl (C=O) groups is 3. The van der Waals surface area contributed by atoms with Crippen LogP contribution in [0, 0.1) is 0 Å². The number of phenolic OH excluding ortho intramolecular Hbond substituents is 1. The monoisotopic (exact) mass is 681 g/mol. The normalized spacial score (nSPS) is 12.7. The fourth-order valence-electron chi connectivity index (χ4n) is 5.15. The molecule has 0 aromatic heterocycles. The lowest BCUT2D eigenvalue weighted by Gasteiger charge is -2.30. The van der Waals surface area contributed by atoms with Crippen LogP contribution in [0.2, 0.25) is 0 Å². The number of aliphatic hydroxyl groups excluding tert-OH is 1. The Morgan fingerprint density at radius 1 is 0.812 bits per heavy atom. The maximum atomic E-state index is 13.8. The van der Waals surface area contributed by atoms with Gasteiger partial charge in [-0.1, -0.05) is 56.3 Å². The van der Waals surface area contributed by atoms with Gasteiger partial charge in [0.2, 0.25) is 10.0 Å². The summed E-state index contributed by atoms with van der Waals surface area (Å²) in [6, 6.07) is 18.4. The number of hydrogen-bond acceptors (Lipinski definition) is 8. The molecule has 0 spiro atoms. The number of nitrogens with one attached hydrogen (secondary N) is 2. The number of aliphatic hydroxyl groups is 1. The first kappa shape index (κ1) is 38.2. The summed E-state index contributed by atoms with van der Waals surface area (Å²) in [6.45, 7) is 6.54. The fourth-order valence-corrected chi connectivity index (χ4v) is 6.44. The van der Waals surface area contributed by atoms with Crippen molar-refractivity contribution in [3.8, 4) is 5.75 Å². The van der Waals surface area contributed by atoms with E-state index in [1.807, 2.05) is 13.8 Å². The van der Waals surface area contributed by atoms with Gasteiger partial charge in [-0.05, 0) is 61.2 Å². The van der Waals surface area contributed by atoms with Gasteiger partial charge in [0.15, 0.2) is 0 Å². The zero-order chi connectivity index (χ0) is 35.4. The van der Waals surface area contributed by atoms with Crippen molar-refractivity contribution < 1.29 is 33.0 Å². The minimum atomic E-state index is -3.82. The van der Waals surface area contributed by atoms with E-state index in [9.17, 15) is 33.0 Å². The van der Waals surface area contributed by atoms with Gasteiger partial charge < -0.3 is 25.3 Å². The van der Waals surface area contributed by atoms with E-state index in [2.05, 4.69) is 10.1 Å². The van der Waals surface area contributed by atoms with Gasteiger partial charge in [-0.2, -0.15) is 0 Å². The molecule has 2 atom stereocenters. The number of carbonyl (C=O) groups excluding carboxylic acids is 3. The molecule has 0 fully saturated rings. The van der Waals surface area contributed by atoms with Crippen LogP contribution in [0.3, 0.4) is 0 Å². The molecule has 0 heterocycles. The quantitative estimate of drug-likeness (QED) is 0.158. The Balaban J connectivity index is 1.92. The molecule has 13 heteroatoms. The third-order valence-electron chi connectivity index (χ3n) is 7.69. The Kier molecular flexibility index (Phi) is 14.1. The van der Waals surface area contributed by atoms with Crippen molar-refractivity contribution in [1.82, 2.24) is 25.0 Å². The molecule has 2 unspecified atom stereocenters. The van der Waals surface area contributed by atoms with Gasteiger partial charge in [-0.3, -0.25) is 14.4 Å². The summed E-state index contributed by atoms with van der Waals surface area (Å²) in [5.41, 5.74) is 1.68. The average molecular weight is 682 g/mol. The van der Waals surface area contributed by atoms with Crippen LogP contribution in [0.5, 0.6) is 5.75 Å². The lowest BCUT2D eigenvalue weighted by atomic mass is 9.99. The number of phenols is 1. The van der Waals surface area contributed by atoms with Crippen LogP contribution in [-0.4, -0.2) is 104 Å². The van der Waals surface area contributed by atoms with Crippen LogP contribution in [0.25, 0.3) is 0 Å². The van der Waals surface area contributed by atoms with Gasteiger partial charge in [-0.25, -0.2) is 13.4 Å². The summed E-state index contributed by atoms with van der Waals surface area (Å²) in [6.07, 6.45) is -0.406. The summed E-state index contributed by atoms with van der Waals surface area (Å²) in [4.78, 5) is 45.8. The molecule has 4 N–H and O–H groups in total. The largest absolute Gasteiger partial charge is 0.508 e. The van der Waals surface area contributed by atoms with Gasteiger partial charge in [0.25, 0.3) is 17.7 Å². The Hall–Kier alpha value is -4.30. The Morgan fingerprint density at radius 2 is 1.42 bits per heavy atom. The van der Waals surface area contributed by atoms with Crippen LogP contribution >= 0.6 is 0 Å². The third-order valence-corrected chi connectivity index (χ3v) is 8.94. The van der Waals surface area contributed by atoms with E-state index in [0.717, 1.165) is 6.42 Å². The number of hydrogen-bond donors (Lipinski definition) is 4. The van der Waals surface area contributed by atoms with Crippen molar-refractivity contribution in [2.24, 2.45) is 0 Å². The Morgan fingerprint density at radius 3 is 1.98 bits per heavy atom. The molecule has 0 aliphatic rings. The second-order valence-corrected chi connectivity index (χ2v) is 13.5. The summed E-state index contributed by atoms with van der Waals surface area (Å²) >= 11 is 0. The van der Waals surface area contributed by atoms with Crippen LogP contribution in [0.15, 0.2) is 72.8 Å². The van der Waals surface area contributed by atoms with Crippen molar-refractivity contribution in [3.63, 3.8) is 0 Å². The molecule has 3 rings (SSSR count). The number of sulfonamides is 1. The highest BCUT2D eigenvalue weighted by Gasteiger charge is 2.28. The summed E-state index contributed by atoms with van der Waals surface area (Å²) in [5, 5.41) is 25.5. The predicted octanol–water partition coefficient (Wildman–Crippen LogP) is 3.02. The molecule has 0 bridgehead atoms. The number of rotatable bonds is 17. The molecule has 48 heavy (non-hydrogen) atoms. The molecule has 12 nitrogen and oxygen atoms in total. The SMILES string of the molecule is CCCN(CC)C(=O)c1cc(C(=O)NC(Cc2ccc(O)cc2)C(O)CN(CC)NS(=O)(=O)Cc2ccccc2)cc(C(=O)N(C)C)c1. The van der Waals surface area contributed by atoms with E-state index >= 15 is 0 Å². The molecule has 260 valence electrons. The number of aromatic hydroxyl groups is 1. The van der Waals surface area contributed by atoms with Crippen molar-refractivity contribution in [3.05, 3.63) is 101 Å². The summed E-state index contributed by atoms with van der Waals surface area (Å²) in [5.74, 6) is -1.55. The highest BCUT2D eigenvalue weighted by molar-refractivity contribution is 7.88. The van der Waals surface area contributed by atoms with E-state index in [4.69, 9.17) is 0 Å². The van der Waals surface area contributed by atoms with Crippen LogP contribution < -0.4 is 10.1 Å². The van der Waals surface area contributed by atoms with Crippen molar-refractivity contribution >= 4 is 27.7 Å². The molecule has 0 radical (unpaired) electrons. The Labute approximate surface area is 283 Å². The molecular weight excluding hydrogens is 634 g/mol. The first-order valence-corrected chi connectivity index (χ1v) is 17.6. The lowest BCUT2D eigenvalue weighted by molar-refractivity contribution is 0.0634. The number of likely N-dealkylation sites (N-methyl/N-ethyl adjacent to an activating group) is 1. The minimum absolute atomic E-state index is 0.0497. The van der Waals surface area contributed by atoms with Crippen molar-refractivity contribution in [2.75, 3.05) is 40.3 Å². The Bertz CT molecular complexity index is 1630. The molecule has 0 aliphatic heterocycles. The topological polar surface area (TPSA) is 160 Å². The number of benzene rings is 3. The zero-order valence-corrected chi connectivity index (χ0v) is 29.0. The van der Waals surface area contributed by atoms with Crippen LogP contribution in [0.4, 0.5) is 0 Å². The van der Waals surface area contributed by atoms with Crippen molar-refractivity contribution in [1.29, 1.82) is 0 Å². The molecule has 0 saturated carbocycles. The van der Waals surface area contributed by atoms with E-state index in [0.29, 0.717) is 24.2 Å². The van der Waals surface area contributed by atoms with Gasteiger partial charge >= 0.3 is 0 Å². The first-order valence-electron chi connectivity index (χ1n) is 16.0. The van der Waals surface area contributed by atoms with E-state index < -0.39 is 28.1 Å². The molecule has 3 aromatic rings. The second-order valence-electron chi connectivity index (χ2n) is 11.8. The van der Waals surface area contributed by atoms with Gasteiger partial charge in [0.05, 0.1) is 17.9 Å². The van der Waals surface area contributed by atoms with Crippen LogP contribution in [0.1, 0.15) is 69.4 Å². The minimum Gasteiger partial charge on any atom is -0.508 e. The summed E-state index contributed by atoms with van der Waals surface area (Å²) < 4.78 is 25.9. The average Bonchev–Trinajstić information content (AvgIpc) is 3.06. The van der Waals surface area contributed by atoms with E-state index in [-0.39, 0.29) is 59.5 Å². The second kappa shape index (κ2) is 17.7. The number of nitrogens with zero attached hydrogens (tertiary/aromatic N) is 3. The predicted molar refractivity (Wildman–Crippen MR) is 185 cm³/mol. The highest BCUT2D eigenvalue weighted by atomic mass is 32.2. The molecule has 3 amide bonds. The maximum absolute atomic E-state index is 13.8. The standard InChI is InChI=1S/C35H47N5O7S/c1-6-18-39(7-2)35(45)29-21-27(20-28(22-29)34(44)38(4)5)33(43)36-31(19-25-14-16-30(41)17-15-25)32(42)23-40(8-3)37-48(46,47)24-26-12-10-9-11-13-26/h9-17,20-22,31-32,37,41-42H,6-8,18-19,23-24H2,1-5H3,(H,36,43). The number of amides is 3. The maximum Gasteiger partial charge on any atom is 0.253 e. The van der Waals surface area contributed by atoms with Gasteiger partial charge in [0.1, 0.15) is 5.75 Å². The van der Waals surface area contributed by atoms with E-state index in [1.165, 1.54) is 40.2 Å². The number of hydrazine groups is 1.